The average molecular weight is 375 g/mol. The Labute approximate surface area is 160 Å². The fourth-order valence-electron chi connectivity index (χ4n) is 3.44. The first-order chi connectivity index (χ1) is 13.5. The van der Waals surface area contributed by atoms with Gasteiger partial charge in [-0.2, -0.15) is 0 Å². The second-order valence-electron chi connectivity index (χ2n) is 6.64. The number of rotatable bonds is 2. The zero-order valence-electron chi connectivity index (χ0n) is 14.9. The molecule has 2 N–H and O–H groups in total. The van der Waals surface area contributed by atoms with Crippen molar-refractivity contribution in [1.82, 2.24) is 0 Å². The molecule has 3 aromatic rings. The summed E-state index contributed by atoms with van der Waals surface area (Å²) in [5.41, 5.74) is 3.12. The number of hydrogen-bond donors (Lipinski definition) is 2. The van der Waals surface area contributed by atoms with Gasteiger partial charge in [-0.25, -0.2) is 4.79 Å². The zero-order valence-corrected chi connectivity index (χ0v) is 14.9. The van der Waals surface area contributed by atoms with E-state index in [1.54, 1.807) is 6.07 Å². The Morgan fingerprint density at radius 3 is 2.61 bits per heavy atom. The molecule has 1 amide bonds. The number of carbonyl (C=O) groups is 2. The van der Waals surface area contributed by atoms with Gasteiger partial charge in [0.1, 0.15) is 11.3 Å². The molecule has 0 saturated carbocycles. The summed E-state index contributed by atoms with van der Waals surface area (Å²) in [7, 11) is 0. The van der Waals surface area contributed by atoms with Crippen LogP contribution in [0.4, 0.5) is 5.69 Å². The fraction of sp³-hybridized carbons (Fsp3) is 0.136. The van der Waals surface area contributed by atoms with Gasteiger partial charge in [0.2, 0.25) is 0 Å². The van der Waals surface area contributed by atoms with E-state index in [2.05, 4.69) is 5.32 Å². The molecule has 0 unspecified atom stereocenters. The predicted octanol–water partition coefficient (Wildman–Crippen LogP) is 3.69. The number of carbonyl (C=O) groups excluding carboxylic acids is 1. The highest BCUT2D eigenvalue weighted by Crippen LogP contribution is 2.33. The molecule has 1 aliphatic carbocycles. The van der Waals surface area contributed by atoms with Gasteiger partial charge in [-0.1, -0.05) is 30.3 Å². The highest BCUT2D eigenvalue weighted by atomic mass is 16.4. The van der Waals surface area contributed by atoms with Gasteiger partial charge in [-0.15, -0.1) is 0 Å². The summed E-state index contributed by atoms with van der Waals surface area (Å²) < 4.78 is 6.06. The number of anilines is 1. The van der Waals surface area contributed by atoms with E-state index in [1.807, 2.05) is 36.4 Å². The third kappa shape index (κ3) is 3.32. The maximum absolute atomic E-state index is 13.0. The first kappa shape index (κ1) is 17.7. The molecule has 0 fully saturated rings. The summed E-state index contributed by atoms with van der Waals surface area (Å²) in [5, 5.41) is 11.3. The first-order valence-electron chi connectivity index (χ1n) is 8.93. The number of fused-ring (bicyclic) bond motifs is 2. The van der Waals surface area contributed by atoms with Gasteiger partial charge in [0.05, 0.1) is 5.39 Å². The number of aliphatic carboxylic acids is 1. The van der Waals surface area contributed by atoms with Crippen molar-refractivity contribution in [3.8, 4) is 0 Å². The van der Waals surface area contributed by atoms with Crippen molar-refractivity contribution in [1.29, 1.82) is 0 Å². The number of benzene rings is 2. The van der Waals surface area contributed by atoms with E-state index in [0.717, 1.165) is 24.0 Å². The van der Waals surface area contributed by atoms with Gasteiger partial charge in [0, 0.05) is 11.3 Å². The van der Waals surface area contributed by atoms with Crippen molar-refractivity contribution in [2.75, 3.05) is 5.32 Å². The van der Waals surface area contributed by atoms with Gasteiger partial charge < -0.3 is 14.8 Å². The summed E-state index contributed by atoms with van der Waals surface area (Å²) in [4.78, 5) is 35.1. The van der Waals surface area contributed by atoms with Crippen LogP contribution in [0.1, 0.15) is 29.7 Å². The van der Waals surface area contributed by atoms with Crippen LogP contribution in [0.2, 0.25) is 0 Å². The predicted molar refractivity (Wildman–Crippen MR) is 106 cm³/mol. The van der Waals surface area contributed by atoms with Gasteiger partial charge in [-0.05, 0) is 54.7 Å². The fourth-order valence-corrected chi connectivity index (χ4v) is 3.44. The molecule has 0 bridgehead atoms. The molecule has 4 rings (SSSR count). The van der Waals surface area contributed by atoms with Crippen LogP contribution in [0, 0.1) is 0 Å². The van der Waals surface area contributed by atoms with Crippen LogP contribution in [0.3, 0.4) is 0 Å². The number of hydrogen-bond acceptors (Lipinski definition) is 4. The Morgan fingerprint density at radius 2 is 1.86 bits per heavy atom. The number of nitrogens with one attached hydrogen (secondary N) is 1. The van der Waals surface area contributed by atoms with Gasteiger partial charge in [0.15, 0.2) is 5.43 Å². The summed E-state index contributed by atoms with van der Waals surface area (Å²) >= 11 is 0. The summed E-state index contributed by atoms with van der Waals surface area (Å²) in [6.07, 6.45) is 4.32. The molecule has 28 heavy (non-hydrogen) atoms. The van der Waals surface area contributed by atoms with E-state index in [0.29, 0.717) is 28.7 Å². The van der Waals surface area contributed by atoms with Crippen molar-refractivity contribution < 1.29 is 19.1 Å². The van der Waals surface area contributed by atoms with Crippen molar-refractivity contribution in [3.63, 3.8) is 0 Å². The van der Waals surface area contributed by atoms with Crippen LogP contribution in [0.15, 0.2) is 57.7 Å². The van der Waals surface area contributed by atoms with Crippen LogP contribution in [0.25, 0.3) is 22.6 Å². The second-order valence-corrected chi connectivity index (χ2v) is 6.64. The monoisotopic (exact) mass is 375 g/mol. The Kier molecular flexibility index (Phi) is 4.53. The van der Waals surface area contributed by atoms with E-state index in [-0.39, 0.29) is 11.1 Å². The molecule has 1 aromatic heterocycles. The van der Waals surface area contributed by atoms with Crippen molar-refractivity contribution >= 4 is 40.2 Å². The van der Waals surface area contributed by atoms with E-state index >= 15 is 0 Å². The lowest BCUT2D eigenvalue weighted by atomic mass is 9.90. The largest absolute Gasteiger partial charge is 0.474 e. The zero-order chi connectivity index (χ0) is 19.7. The van der Waals surface area contributed by atoms with E-state index in [9.17, 15) is 14.4 Å². The lowest BCUT2D eigenvalue weighted by Gasteiger charge is -2.18. The molecule has 1 heterocycles. The van der Waals surface area contributed by atoms with Crippen molar-refractivity contribution in [3.05, 3.63) is 75.6 Å². The Balaban J connectivity index is 1.81. The van der Waals surface area contributed by atoms with Gasteiger partial charge in [-0.3, -0.25) is 9.59 Å². The maximum atomic E-state index is 13.0. The number of amides is 1. The average Bonchev–Trinajstić information content (AvgIpc) is 2.70. The number of allylic oxidation sites excluding steroid dienone is 1. The normalized spacial score (nSPS) is 14.6. The Hall–Kier alpha value is -3.67. The topological polar surface area (TPSA) is 96.6 Å². The minimum atomic E-state index is -1.59. The molecule has 0 aliphatic heterocycles. The molecular formula is C22H17NO5. The van der Waals surface area contributed by atoms with Crippen LogP contribution < -0.4 is 10.7 Å². The molecule has 0 radical (unpaired) electrons. The van der Waals surface area contributed by atoms with E-state index in [4.69, 9.17) is 9.52 Å². The molecule has 1 aliphatic rings. The highest BCUT2D eigenvalue weighted by molar-refractivity contribution is 6.36. The second kappa shape index (κ2) is 7.15. The summed E-state index contributed by atoms with van der Waals surface area (Å²) in [6.45, 7) is 0. The molecule has 0 atom stereocenters. The Morgan fingerprint density at radius 1 is 1.07 bits per heavy atom. The number of carboxylic acid groups (broad SMARTS) is 1. The van der Waals surface area contributed by atoms with Crippen LogP contribution in [-0.2, 0) is 16.0 Å². The number of carboxylic acids is 1. The third-order valence-electron chi connectivity index (χ3n) is 4.74. The van der Waals surface area contributed by atoms with Gasteiger partial charge in [0.25, 0.3) is 0 Å². The summed E-state index contributed by atoms with van der Waals surface area (Å²) in [5.74, 6) is -2.14. The van der Waals surface area contributed by atoms with Crippen LogP contribution in [-0.4, -0.2) is 17.0 Å². The lowest BCUT2D eigenvalue weighted by molar-refractivity contribution is -0.147. The van der Waals surface area contributed by atoms with E-state index in [1.165, 1.54) is 12.1 Å². The molecule has 6 heteroatoms. The highest BCUT2D eigenvalue weighted by Gasteiger charge is 2.22. The molecule has 140 valence electrons. The minimum Gasteiger partial charge on any atom is -0.474 e. The maximum Gasteiger partial charge on any atom is 0.394 e. The van der Waals surface area contributed by atoms with Crippen molar-refractivity contribution in [2.24, 2.45) is 0 Å². The quantitative estimate of drug-likeness (QED) is 0.666. The summed E-state index contributed by atoms with van der Waals surface area (Å²) in [6, 6.07) is 14.4. The smallest absolute Gasteiger partial charge is 0.394 e. The molecule has 0 spiro atoms. The van der Waals surface area contributed by atoms with Crippen molar-refractivity contribution in [2.45, 2.75) is 19.3 Å². The minimum absolute atomic E-state index is 0.152. The third-order valence-corrected chi connectivity index (χ3v) is 4.74. The molecule has 6 nitrogen and oxygen atoms in total. The standard InChI is InChI=1S/C22H17NO5/c24-19-16-8-4-7-14(11-13-5-2-1-3-6-13)20(16)28-18-10-9-15(12-17(18)19)23-21(25)22(26)27/h1-3,5-6,9-12H,4,7-8H2,(H,23,25)(H,26,27)/b14-11-. The SMILES string of the molecule is O=C(O)C(=O)Nc1ccc2oc3c(c(=O)c2c1)CCC/C3=C/c1ccccc1. The Bertz CT molecular complexity index is 1170. The van der Waals surface area contributed by atoms with E-state index < -0.39 is 11.9 Å². The first-order valence-corrected chi connectivity index (χ1v) is 8.93. The molecule has 0 saturated heterocycles. The molecular weight excluding hydrogens is 358 g/mol. The lowest BCUT2D eigenvalue weighted by Crippen LogP contribution is -2.22. The van der Waals surface area contributed by atoms with Gasteiger partial charge >= 0.3 is 11.9 Å². The van der Waals surface area contributed by atoms with Crippen LogP contribution >= 0.6 is 0 Å². The van der Waals surface area contributed by atoms with Crippen LogP contribution in [0.5, 0.6) is 0 Å². The molecule has 2 aromatic carbocycles.